The number of aliphatic hydroxyl groups is 1. The van der Waals surface area contributed by atoms with Crippen LogP contribution < -0.4 is 11.1 Å². The summed E-state index contributed by atoms with van der Waals surface area (Å²) in [6.07, 6.45) is 1.85. The Morgan fingerprint density at radius 2 is 2.00 bits per heavy atom. The predicted molar refractivity (Wildman–Crippen MR) is 79.6 cm³/mol. The summed E-state index contributed by atoms with van der Waals surface area (Å²) in [7, 11) is 0. The Kier molecular flexibility index (Phi) is 4.80. The van der Waals surface area contributed by atoms with Gasteiger partial charge in [-0.25, -0.2) is 4.79 Å². The van der Waals surface area contributed by atoms with Crippen molar-refractivity contribution in [3.05, 3.63) is 29.8 Å². The van der Waals surface area contributed by atoms with Gasteiger partial charge in [0, 0.05) is 12.2 Å². The molecule has 1 aromatic carbocycles. The standard InChI is InChI=1S/C15H21N3O3/c1-10(19)11-5-7-12(8-6-11)17-15(21)18-9-3-2-4-13(18)14(16)20/h5-8,10,13,19H,2-4,9H2,1H3,(H2,16,20)(H,17,21). The molecule has 1 heterocycles. The molecule has 0 aromatic heterocycles. The molecule has 0 spiro atoms. The van der Waals surface area contributed by atoms with Crippen molar-refractivity contribution in [2.24, 2.45) is 5.73 Å². The molecule has 0 bridgehead atoms. The van der Waals surface area contributed by atoms with E-state index in [1.807, 2.05) is 0 Å². The van der Waals surface area contributed by atoms with E-state index in [1.165, 1.54) is 4.90 Å². The Bertz CT molecular complexity index is 513. The number of aliphatic hydroxyl groups excluding tert-OH is 1. The van der Waals surface area contributed by atoms with Crippen LogP contribution in [0.15, 0.2) is 24.3 Å². The second-order valence-electron chi connectivity index (χ2n) is 5.34. The second-order valence-corrected chi connectivity index (χ2v) is 5.34. The first-order chi connectivity index (χ1) is 9.99. The number of carbonyl (C=O) groups excluding carboxylic acids is 2. The molecule has 1 fully saturated rings. The van der Waals surface area contributed by atoms with E-state index in [0.29, 0.717) is 18.7 Å². The number of carbonyl (C=O) groups is 2. The summed E-state index contributed by atoms with van der Waals surface area (Å²) in [4.78, 5) is 25.2. The zero-order chi connectivity index (χ0) is 15.4. The van der Waals surface area contributed by atoms with Crippen molar-refractivity contribution < 1.29 is 14.7 Å². The maximum atomic E-state index is 12.3. The molecule has 2 unspecified atom stereocenters. The lowest BCUT2D eigenvalue weighted by Gasteiger charge is -2.33. The van der Waals surface area contributed by atoms with Crippen molar-refractivity contribution in [2.45, 2.75) is 38.3 Å². The SMILES string of the molecule is CC(O)c1ccc(NC(=O)N2CCCCC2C(N)=O)cc1. The average Bonchev–Trinajstić information content (AvgIpc) is 2.47. The van der Waals surface area contributed by atoms with E-state index in [9.17, 15) is 14.7 Å². The lowest BCUT2D eigenvalue weighted by Crippen LogP contribution is -2.51. The van der Waals surface area contributed by atoms with Crippen molar-refractivity contribution in [3.8, 4) is 0 Å². The fraction of sp³-hybridized carbons (Fsp3) is 0.467. The largest absolute Gasteiger partial charge is 0.389 e. The Morgan fingerprint density at radius 1 is 1.33 bits per heavy atom. The molecular weight excluding hydrogens is 270 g/mol. The molecule has 6 nitrogen and oxygen atoms in total. The molecule has 0 aliphatic carbocycles. The number of nitrogens with two attached hydrogens (primary N) is 1. The smallest absolute Gasteiger partial charge is 0.322 e. The fourth-order valence-corrected chi connectivity index (χ4v) is 2.51. The number of urea groups is 1. The molecule has 0 radical (unpaired) electrons. The number of hydrogen-bond donors (Lipinski definition) is 3. The molecule has 1 saturated heterocycles. The van der Waals surface area contributed by atoms with Crippen LogP contribution in [0.4, 0.5) is 10.5 Å². The lowest BCUT2D eigenvalue weighted by atomic mass is 10.0. The van der Waals surface area contributed by atoms with Crippen LogP contribution in [0, 0.1) is 0 Å². The van der Waals surface area contributed by atoms with Crippen LogP contribution >= 0.6 is 0 Å². The molecule has 1 aliphatic rings. The minimum absolute atomic E-state index is 0.316. The van der Waals surface area contributed by atoms with Gasteiger partial charge in [0.2, 0.25) is 5.91 Å². The van der Waals surface area contributed by atoms with Crippen LogP contribution in [0.25, 0.3) is 0 Å². The molecule has 6 heteroatoms. The molecule has 0 saturated carbocycles. The van der Waals surface area contributed by atoms with Gasteiger partial charge in [-0.15, -0.1) is 0 Å². The zero-order valence-corrected chi connectivity index (χ0v) is 12.1. The van der Waals surface area contributed by atoms with E-state index in [0.717, 1.165) is 18.4 Å². The first-order valence-electron chi connectivity index (χ1n) is 7.14. The molecule has 2 rings (SSSR count). The molecule has 21 heavy (non-hydrogen) atoms. The highest BCUT2D eigenvalue weighted by Gasteiger charge is 2.30. The molecule has 114 valence electrons. The van der Waals surface area contributed by atoms with E-state index in [4.69, 9.17) is 5.73 Å². The highest BCUT2D eigenvalue weighted by molar-refractivity contribution is 5.93. The van der Waals surface area contributed by atoms with Crippen LogP contribution in [0.3, 0.4) is 0 Å². The van der Waals surface area contributed by atoms with E-state index in [2.05, 4.69) is 5.32 Å². The van der Waals surface area contributed by atoms with E-state index < -0.39 is 18.1 Å². The molecule has 2 atom stereocenters. The third kappa shape index (κ3) is 3.72. The highest BCUT2D eigenvalue weighted by Crippen LogP contribution is 2.20. The maximum Gasteiger partial charge on any atom is 0.322 e. The first kappa shape index (κ1) is 15.3. The summed E-state index contributed by atoms with van der Waals surface area (Å²) in [5.74, 6) is -0.464. The Hall–Kier alpha value is -2.08. The first-order valence-corrected chi connectivity index (χ1v) is 7.14. The zero-order valence-electron chi connectivity index (χ0n) is 12.1. The number of amides is 3. The monoisotopic (exact) mass is 291 g/mol. The number of nitrogens with zero attached hydrogens (tertiary/aromatic N) is 1. The predicted octanol–water partition coefficient (Wildman–Crippen LogP) is 1.61. The minimum Gasteiger partial charge on any atom is -0.389 e. The Balaban J connectivity index is 2.04. The molecule has 1 aliphatic heterocycles. The molecule has 3 amide bonds. The van der Waals surface area contributed by atoms with Gasteiger partial charge in [-0.05, 0) is 43.9 Å². The van der Waals surface area contributed by atoms with Crippen LogP contribution in [-0.2, 0) is 4.79 Å². The Morgan fingerprint density at radius 3 is 2.57 bits per heavy atom. The van der Waals surface area contributed by atoms with Crippen LogP contribution in [0.1, 0.15) is 37.9 Å². The number of hydrogen-bond acceptors (Lipinski definition) is 3. The van der Waals surface area contributed by atoms with E-state index >= 15 is 0 Å². The van der Waals surface area contributed by atoms with Gasteiger partial charge in [0.15, 0.2) is 0 Å². The number of likely N-dealkylation sites (tertiary alicyclic amines) is 1. The quantitative estimate of drug-likeness (QED) is 0.789. The number of primary amides is 1. The van der Waals surface area contributed by atoms with Gasteiger partial charge in [0.1, 0.15) is 6.04 Å². The molecule has 4 N–H and O–H groups in total. The van der Waals surface area contributed by atoms with Gasteiger partial charge in [-0.1, -0.05) is 12.1 Å². The lowest BCUT2D eigenvalue weighted by molar-refractivity contribution is -0.123. The second kappa shape index (κ2) is 6.58. The Labute approximate surface area is 123 Å². The third-order valence-corrected chi connectivity index (χ3v) is 3.74. The van der Waals surface area contributed by atoms with Crippen LogP contribution in [0.5, 0.6) is 0 Å². The summed E-state index contributed by atoms with van der Waals surface area (Å²) in [6.45, 7) is 2.21. The van der Waals surface area contributed by atoms with Gasteiger partial charge in [0.25, 0.3) is 0 Å². The third-order valence-electron chi connectivity index (χ3n) is 3.74. The van der Waals surface area contributed by atoms with Crippen LogP contribution in [0.2, 0.25) is 0 Å². The molecular formula is C15H21N3O3. The average molecular weight is 291 g/mol. The summed E-state index contributed by atoms with van der Waals surface area (Å²) < 4.78 is 0. The van der Waals surface area contributed by atoms with Crippen molar-refractivity contribution in [1.82, 2.24) is 4.90 Å². The highest BCUT2D eigenvalue weighted by atomic mass is 16.3. The fourth-order valence-electron chi connectivity index (χ4n) is 2.51. The van der Waals surface area contributed by atoms with E-state index in [-0.39, 0.29) is 6.03 Å². The van der Waals surface area contributed by atoms with Gasteiger partial charge in [-0.3, -0.25) is 4.79 Å². The summed E-state index contributed by atoms with van der Waals surface area (Å²) in [5, 5.41) is 12.2. The summed E-state index contributed by atoms with van der Waals surface area (Å²) >= 11 is 0. The number of rotatable bonds is 3. The van der Waals surface area contributed by atoms with Gasteiger partial charge in [-0.2, -0.15) is 0 Å². The number of nitrogens with one attached hydrogen (secondary N) is 1. The minimum atomic E-state index is -0.545. The number of anilines is 1. The van der Waals surface area contributed by atoms with Gasteiger partial charge >= 0.3 is 6.03 Å². The number of piperidine rings is 1. The van der Waals surface area contributed by atoms with Gasteiger partial charge < -0.3 is 21.1 Å². The summed E-state index contributed by atoms with van der Waals surface area (Å²) in [5.41, 5.74) is 6.76. The van der Waals surface area contributed by atoms with Crippen molar-refractivity contribution in [1.29, 1.82) is 0 Å². The van der Waals surface area contributed by atoms with Crippen molar-refractivity contribution in [3.63, 3.8) is 0 Å². The topological polar surface area (TPSA) is 95.7 Å². The van der Waals surface area contributed by atoms with E-state index in [1.54, 1.807) is 31.2 Å². The van der Waals surface area contributed by atoms with Crippen LogP contribution in [-0.4, -0.2) is 34.5 Å². The van der Waals surface area contributed by atoms with Crippen molar-refractivity contribution >= 4 is 17.6 Å². The molecule has 1 aromatic rings. The maximum absolute atomic E-state index is 12.3. The van der Waals surface area contributed by atoms with Gasteiger partial charge in [0.05, 0.1) is 6.10 Å². The number of benzene rings is 1. The van der Waals surface area contributed by atoms with Crippen molar-refractivity contribution in [2.75, 3.05) is 11.9 Å². The summed E-state index contributed by atoms with van der Waals surface area (Å²) in [6, 6.07) is 6.11. The normalized spacial score (nSPS) is 19.9.